The molecular formula is C13H25BrO2. The number of hydrogen-bond donors (Lipinski definition) is 0. The molecule has 0 amide bonds. The molecule has 0 saturated heterocycles. The average molecular weight is 293 g/mol. The van der Waals surface area contributed by atoms with Crippen LogP contribution in [0.5, 0.6) is 0 Å². The summed E-state index contributed by atoms with van der Waals surface area (Å²) in [5.74, 6) is 1.77. The maximum absolute atomic E-state index is 5.63. The summed E-state index contributed by atoms with van der Waals surface area (Å²) in [6.45, 7) is 2.56. The highest BCUT2D eigenvalue weighted by atomic mass is 79.9. The lowest BCUT2D eigenvalue weighted by molar-refractivity contribution is 0.0904. The Morgan fingerprint density at radius 3 is 2.56 bits per heavy atom. The number of rotatable bonds is 9. The van der Waals surface area contributed by atoms with Crippen molar-refractivity contribution in [2.45, 2.75) is 38.5 Å². The van der Waals surface area contributed by atoms with Crippen molar-refractivity contribution < 1.29 is 9.47 Å². The first-order valence-corrected chi connectivity index (χ1v) is 7.63. The Hall–Kier alpha value is 0.400. The van der Waals surface area contributed by atoms with Crippen molar-refractivity contribution >= 4 is 15.9 Å². The summed E-state index contributed by atoms with van der Waals surface area (Å²) in [6, 6.07) is 0. The highest BCUT2D eigenvalue weighted by molar-refractivity contribution is 9.09. The average Bonchev–Trinajstić information content (AvgIpc) is 2.82. The van der Waals surface area contributed by atoms with Gasteiger partial charge in [-0.3, -0.25) is 0 Å². The van der Waals surface area contributed by atoms with Crippen LogP contribution in [0.4, 0.5) is 0 Å². The van der Waals surface area contributed by atoms with Crippen LogP contribution in [0.3, 0.4) is 0 Å². The van der Waals surface area contributed by atoms with Crippen LogP contribution in [0.15, 0.2) is 0 Å². The van der Waals surface area contributed by atoms with Gasteiger partial charge in [-0.15, -0.1) is 0 Å². The van der Waals surface area contributed by atoms with Crippen molar-refractivity contribution in [3.8, 4) is 0 Å². The number of hydrogen-bond acceptors (Lipinski definition) is 2. The highest BCUT2D eigenvalue weighted by Crippen LogP contribution is 2.33. The normalized spacial score (nSPS) is 19.1. The van der Waals surface area contributed by atoms with E-state index < -0.39 is 0 Å². The summed E-state index contributed by atoms with van der Waals surface area (Å²) in [5.41, 5.74) is 0. The molecule has 1 fully saturated rings. The van der Waals surface area contributed by atoms with Crippen molar-refractivity contribution in [1.82, 2.24) is 0 Å². The zero-order chi connectivity index (χ0) is 11.6. The number of ether oxygens (including phenoxy) is 2. The van der Waals surface area contributed by atoms with Crippen LogP contribution < -0.4 is 0 Å². The Bertz CT molecular complexity index is 158. The number of alkyl halides is 1. The second kappa shape index (κ2) is 9.43. The van der Waals surface area contributed by atoms with Gasteiger partial charge in [0.1, 0.15) is 0 Å². The number of methoxy groups -OCH3 is 1. The molecule has 0 aromatic rings. The molecule has 0 radical (unpaired) electrons. The molecule has 1 atom stereocenters. The summed E-state index contributed by atoms with van der Waals surface area (Å²) in [6.07, 6.45) is 7.95. The van der Waals surface area contributed by atoms with Gasteiger partial charge in [-0.05, 0) is 24.7 Å². The molecule has 0 aliphatic heterocycles. The first-order valence-electron chi connectivity index (χ1n) is 6.51. The quantitative estimate of drug-likeness (QED) is 0.477. The largest absolute Gasteiger partial charge is 0.385 e. The minimum absolute atomic E-state index is 0.810. The van der Waals surface area contributed by atoms with Crippen molar-refractivity contribution in [2.24, 2.45) is 11.8 Å². The van der Waals surface area contributed by atoms with E-state index in [9.17, 15) is 0 Å². The SMILES string of the molecule is COCCCOCCC(CBr)C1CCCC1. The lowest BCUT2D eigenvalue weighted by Crippen LogP contribution is -2.16. The fourth-order valence-electron chi connectivity index (χ4n) is 2.51. The Balaban J connectivity index is 2.00. The topological polar surface area (TPSA) is 18.5 Å². The molecule has 16 heavy (non-hydrogen) atoms. The Morgan fingerprint density at radius 1 is 1.19 bits per heavy atom. The van der Waals surface area contributed by atoms with Crippen molar-refractivity contribution in [3.63, 3.8) is 0 Å². The van der Waals surface area contributed by atoms with E-state index in [0.717, 1.165) is 43.4 Å². The molecule has 96 valence electrons. The summed E-state index contributed by atoms with van der Waals surface area (Å²) < 4.78 is 10.6. The Labute approximate surface area is 108 Å². The van der Waals surface area contributed by atoms with Gasteiger partial charge in [0.05, 0.1) is 0 Å². The molecule has 0 bridgehead atoms. The molecule has 0 N–H and O–H groups in total. The summed E-state index contributed by atoms with van der Waals surface area (Å²) in [4.78, 5) is 0. The first kappa shape index (κ1) is 14.5. The zero-order valence-corrected chi connectivity index (χ0v) is 12.0. The molecule has 0 spiro atoms. The van der Waals surface area contributed by atoms with E-state index in [4.69, 9.17) is 9.47 Å². The Morgan fingerprint density at radius 2 is 1.94 bits per heavy atom. The summed E-state index contributed by atoms with van der Waals surface area (Å²) in [7, 11) is 1.74. The highest BCUT2D eigenvalue weighted by Gasteiger charge is 2.23. The lowest BCUT2D eigenvalue weighted by atomic mass is 9.90. The first-order chi connectivity index (χ1) is 7.88. The van der Waals surface area contributed by atoms with Crippen LogP contribution in [0.1, 0.15) is 38.5 Å². The second-order valence-electron chi connectivity index (χ2n) is 4.71. The molecule has 0 heterocycles. The van der Waals surface area contributed by atoms with Crippen molar-refractivity contribution in [3.05, 3.63) is 0 Å². The van der Waals surface area contributed by atoms with Crippen molar-refractivity contribution in [2.75, 3.05) is 32.3 Å². The van der Waals surface area contributed by atoms with Crippen LogP contribution in [-0.4, -0.2) is 32.3 Å². The maximum atomic E-state index is 5.63. The van der Waals surface area contributed by atoms with E-state index in [0.29, 0.717) is 0 Å². The van der Waals surface area contributed by atoms with Gasteiger partial charge in [-0.25, -0.2) is 0 Å². The molecule has 0 aromatic heterocycles. The van der Waals surface area contributed by atoms with Gasteiger partial charge in [0.15, 0.2) is 0 Å². The van der Waals surface area contributed by atoms with E-state index in [2.05, 4.69) is 15.9 Å². The fraction of sp³-hybridized carbons (Fsp3) is 1.00. The van der Waals surface area contributed by atoms with Crippen LogP contribution >= 0.6 is 15.9 Å². The molecule has 3 heteroatoms. The molecule has 1 saturated carbocycles. The summed E-state index contributed by atoms with van der Waals surface area (Å²) in [5, 5.41) is 1.14. The minimum Gasteiger partial charge on any atom is -0.385 e. The standard InChI is InChI=1S/C13H25BrO2/c1-15-8-4-9-16-10-7-13(11-14)12-5-2-3-6-12/h12-13H,2-11H2,1H3. The predicted octanol–water partition coefficient (Wildman–Crippen LogP) is 3.63. The molecule has 1 aliphatic carbocycles. The second-order valence-corrected chi connectivity index (χ2v) is 5.35. The lowest BCUT2D eigenvalue weighted by Gasteiger charge is -2.20. The monoisotopic (exact) mass is 292 g/mol. The van der Waals surface area contributed by atoms with E-state index in [-0.39, 0.29) is 0 Å². The van der Waals surface area contributed by atoms with Gasteiger partial charge in [0.25, 0.3) is 0 Å². The van der Waals surface area contributed by atoms with Crippen molar-refractivity contribution in [1.29, 1.82) is 0 Å². The van der Waals surface area contributed by atoms with E-state index in [1.165, 1.54) is 32.1 Å². The third-order valence-corrected chi connectivity index (χ3v) is 4.37. The molecule has 2 nitrogen and oxygen atoms in total. The zero-order valence-electron chi connectivity index (χ0n) is 10.4. The molecular weight excluding hydrogens is 268 g/mol. The predicted molar refractivity (Wildman–Crippen MR) is 71.2 cm³/mol. The maximum Gasteiger partial charge on any atom is 0.0487 e. The minimum atomic E-state index is 0.810. The third kappa shape index (κ3) is 5.65. The van der Waals surface area contributed by atoms with Gasteiger partial charge in [-0.2, -0.15) is 0 Å². The van der Waals surface area contributed by atoms with E-state index in [1.54, 1.807) is 7.11 Å². The van der Waals surface area contributed by atoms with Crippen LogP contribution in [0.2, 0.25) is 0 Å². The van der Waals surface area contributed by atoms with Gasteiger partial charge in [0, 0.05) is 32.3 Å². The van der Waals surface area contributed by atoms with Gasteiger partial charge < -0.3 is 9.47 Å². The smallest absolute Gasteiger partial charge is 0.0487 e. The van der Waals surface area contributed by atoms with Gasteiger partial charge in [0.2, 0.25) is 0 Å². The molecule has 1 aliphatic rings. The van der Waals surface area contributed by atoms with E-state index in [1.807, 2.05) is 0 Å². The third-order valence-electron chi connectivity index (χ3n) is 3.53. The van der Waals surface area contributed by atoms with Crippen LogP contribution in [0.25, 0.3) is 0 Å². The Kier molecular flexibility index (Phi) is 8.52. The fourth-order valence-corrected chi connectivity index (χ4v) is 3.36. The molecule has 0 aromatic carbocycles. The van der Waals surface area contributed by atoms with Gasteiger partial charge >= 0.3 is 0 Å². The van der Waals surface area contributed by atoms with Crippen LogP contribution in [-0.2, 0) is 9.47 Å². The van der Waals surface area contributed by atoms with Gasteiger partial charge in [-0.1, -0.05) is 41.6 Å². The molecule has 1 unspecified atom stereocenters. The summed E-state index contributed by atoms with van der Waals surface area (Å²) >= 11 is 3.64. The molecule has 1 rings (SSSR count). The number of halogens is 1. The van der Waals surface area contributed by atoms with E-state index >= 15 is 0 Å². The van der Waals surface area contributed by atoms with Crippen LogP contribution in [0, 0.1) is 11.8 Å².